The Hall–Kier alpha value is -2.26. The maximum absolute atomic E-state index is 5.52. The standard InChI is InChI=1S/C12H18N8O/c1-12(2)8-21-7-6-19(12)10-15-9(18-13)16-11(17-10)20-5-3-4-14-20/h3-5H,6-8,13H2,1-2H3,(H,15,16,17,18). The zero-order valence-electron chi connectivity index (χ0n) is 12.0. The molecule has 0 aliphatic carbocycles. The van der Waals surface area contributed by atoms with E-state index in [2.05, 4.69) is 44.2 Å². The minimum atomic E-state index is -0.202. The predicted octanol–water partition coefficient (Wildman–Crippen LogP) is -0.0419. The molecule has 1 aliphatic rings. The Morgan fingerprint density at radius 1 is 1.29 bits per heavy atom. The molecule has 0 amide bonds. The third kappa shape index (κ3) is 2.65. The lowest BCUT2D eigenvalue weighted by atomic mass is 10.0. The SMILES string of the molecule is CC1(C)COCCN1c1nc(NN)nc(-n2cccn2)n1. The van der Waals surface area contributed by atoms with Crippen molar-refractivity contribution in [3.63, 3.8) is 0 Å². The van der Waals surface area contributed by atoms with Crippen molar-refractivity contribution in [2.75, 3.05) is 30.1 Å². The average Bonchev–Trinajstić information content (AvgIpc) is 3.00. The van der Waals surface area contributed by atoms with Gasteiger partial charge < -0.3 is 9.64 Å². The van der Waals surface area contributed by atoms with Crippen LogP contribution in [0.2, 0.25) is 0 Å². The molecule has 2 aromatic rings. The topological polar surface area (TPSA) is 107 Å². The molecule has 21 heavy (non-hydrogen) atoms. The van der Waals surface area contributed by atoms with Crippen LogP contribution in [0.15, 0.2) is 18.5 Å². The second-order valence-corrected chi connectivity index (χ2v) is 5.37. The molecule has 3 rings (SSSR count). The van der Waals surface area contributed by atoms with E-state index in [1.807, 2.05) is 0 Å². The van der Waals surface area contributed by atoms with Crippen molar-refractivity contribution in [2.45, 2.75) is 19.4 Å². The van der Waals surface area contributed by atoms with Crippen LogP contribution in [0.25, 0.3) is 5.95 Å². The molecule has 9 heteroatoms. The highest BCUT2D eigenvalue weighted by Crippen LogP contribution is 2.24. The molecule has 0 unspecified atom stereocenters. The first-order valence-electron chi connectivity index (χ1n) is 6.68. The van der Waals surface area contributed by atoms with Gasteiger partial charge in [0.2, 0.25) is 11.9 Å². The van der Waals surface area contributed by atoms with Crippen molar-refractivity contribution in [1.29, 1.82) is 0 Å². The summed E-state index contributed by atoms with van der Waals surface area (Å²) in [6.45, 7) is 6.12. The van der Waals surface area contributed by atoms with Gasteiger partial charge in [-0.3, -0.25) is 5.43 Å². The van der Waals surface area contributed by atoms with E-state index in [-0.39, 0.29) is 5.54 Å². The molecule has 0 saturated carbocycles. The second kappa shape index (κ2) is 5.26. The summed E-state index contributed by atoms with van der Waals surface area (Å²) >= 11 is 0. The lowest BCUT2D eigenvalue weighted by molar-refractivity contribution is 0.0633. The number of nitrogen functional groups attached to an aromatic ring is 1. The molecule has 9 nitrogen and oxygen atoms in total. The molecule has 1 fully saturated rings. The average molecular weight is 290 g/mol. The molecular formula is C12H18N8O. The van der Waals surface area contributed by atoms with E-state index >= 15 is 0 Å². The number of hydrogen-bond donors (Lipinski definition) is 2. The van der Waals surface area contributed by atoms with E-state index in [9.17, 15) is 0 Å². The van der Waals surface area contributed by atoms with Crippen molar-refractivity contribution >= 4 is 11.9 Å². The second-order valence-electron chi connectivity index (χ2n) is 5.37. The fourth-order valence-corrected chi connectivity index (χ4v) is 2.26. The van der Waals surface area contributed by atoms with Crippen molar-refractivity contribution in [3.8, 4) is 5.95 Å². The van der Waals surface area contributed by atoms with E-state index in [4.69, 9.17) is 10.6 Å². The number of ether oxygens (including phenoxy) is 1. The fourth-order valence-electron chi connectivity index (χ4n) is 2.26. The third-order valence-corrected chi connectivity index (χ3v) is 3.34. The summed E-state index contributed by atoms with van der Waals surface area (Å²) in [4.78, 5) is 15.2. The smallest absolute Gasteiger partial charge is 0.257 e. The van der Waals surface area contributed by atoms with Gasteiger partial charge in [-0.05, 0) is 19.9 Å². The van der Waals surface area contributed by atoms with Crippen molar-refractivity contribution in [3.05, 3.63) is 18.5 Å². The number of hydrazine groups is 1. The maximum Gasteiger partial charge on any atom is 0.257 e. The summed E-state index contributed by atoms with van der Waals surface area (Å²) in [5.74, 6) is 6.73. The Kier molecular flexibility index (Phi) is 3.43. The first-order valence-corrected chi connectivity index (χ1v) is 6.68. The highest BCUT2D eigenvalue weighted by atomic mass is 16.5. The van der Waals surface area contributed by atoms with Gasteiger partial charge in [0, 0.05) is 18.9 Å². The molecule has 3 N–H and O–H groups in total. The molecule has 0 aromatic carbocycles. The van der Waals surface area contributed by atoms with Crippen LogP contribution in [0, 0.1) is 0 Å². The monoisotopic (exact) mass is 290 g/mol. The van der Waals surface area contributed by atoms with Gasteiger partial charge in [-0.1, -0.05) is 0 Å². The van der Waals surface area contributed by atoms with Crippen LogP contribution in [-0.4, -0.2) is 50.0 Å². The summed E-state index contributed by atoms with van der Waals surface area (Å²) in [6.07, 6.45) is 3.43. The predicted molar refractivity (Wildman–Crippen MR) is 77.0 cm³/mol. The van der Waals surface area contributed by atoms with Crippen LogP contribution in [0.4, 0.5) is 11.9 Å². The summed E-state index contributed by atoms with van der Waals surface area (Å²) in [7, 11) is 0. The molecule has 1 aliphatic heterocycles. The van der Waals surface area contributed by atoms with Crippen LogP contribution >= 0.6 is 0 Å². The van der Waals surface area contributed by atoms with E-state index < -0.39 is 0 Å². The van der Waals surface area contributed by atoms with Crippen LogP contribution in [0.3, 0.4) is 0 Å². The Labute approximate surface area is 122 Å². The van der Waals surface area contributed by atoms with Crippen molar-refractivity contribution in [1.82, 2.24) is 24.7 Å². The summed E-state index contributed by atoms with van der Waals surface area (Å²) in [5.41, 5.74) is 2.27. The minimum Gasteiger partial charge on any atom is -0.377 e. The molecule has 2 aromatic heterocycles. The van der Waals surface area contributed by atoms with Crippen molar-refractivity contribution < 1.29 is 4.74 Å². The van der Waals surface area contributed by atoms with Crippen LogP contribution in [0.5, 0.6) is 0 Å². The van der Waals surface area contributed by atoms with Gasteiger partial charge in [-0.25, -0.2) is 10.5 Å². The molecule has 0 radical (unpaired) electrons. The zero-order chi connectivity index (χ0) is 14.9. The van der Waals surface area contributed by atoms with E-state index in [1.54, 1.807) is 23.1 Å². The number of hydrogen-bond acceptors (Lipinski definition) is 8. The van der Waals surface area contributed by atoms with Gasteiger partial charge in [-0.15, -0.1) is 0 Å². The van der Waals surface area contributed by atoms with E-state index in [0.717, 1.165) is 0 Å². The first-order chi connectivity index (χ1) is 10.1. The number of anilines is 2. The van der Waals surface area contributed by atoms with Crippen LogP contribution in [0.1, 0.15) is 13.8 Å². The molecular weight excluding hydrogens is 272 g/mol. The Balaban J connectivity index is 2.03. The van der Waals surface area contributed by atoms with E-state index in [1.165, 1.54) is 0 Å². The molecule has 0 atom stereocenters. The number of nitrogens with zero attached hydrogens (tertiary/aromatic N) is 6. The number of aromatic nitrogens is 5. The molecule has 0 bridgehead atoms. The highest BCUT2D eigenvalue weighted by molar-refractivity contribution is 5.42. The van der Waals surface area contributed by atoms with E-state index in [0.29, 0.717) is 37.6 Å². The summed E-state index contributed by atoms with van der Waals surface area (Å²) in [5, 5.41) is 4.14. The molecule has 1 saturated heterocycles. The molecule has 0 spiro atoms. The Bertz CT molecular complexity index is 612. The van der Waals surface area contributed by atoms with Gasteiger partial charge >= 0.3 is 0 Å². The summed E-state index contributed by atoms with van der Waals surface area (Å²) in [6, 6.07) is 1.80. The quantitative estimate of drug-likeness (QED) is 0.599. The summed E-state index contributed by atoms with van der Waals surface area (Å²) < 4.78 is 7.09. The first kappa shape index (κ1) is 13.7. The largest absolute Gasteiger partial charge is 0.377 e. The minimum absolute atomic E-state index is 0.202. The lowest BCUT2D eigenvalue weighted by Gasteiger charge is -2.42. The number of nitrogens with one attached hydrogen (secondary N) is 1. The lowest BCUT2D eigenvalue weighted by Crippen LogP contribution is -2.54. The van der Waals surface area contributed by atoms with Crippen LogP contribution in [-0.2, 0) is 4.74 Å². The normalized spacial score (nSPS) is 17.8. The Morgan fingerprint density at radius 2 is 2.10 bits per heavy atom. The van der Waals surface area contributed by atoms with Gasteiger partial charge in [0.15, 0.2) is 0 Å². The zero-order valence-corrected chi connectivity index (χ0v) is 12.0. The van der Waals surface area contributed by atoms with Crippen molar-refractivity contribution in [2.24, 2.45) is 5.84 Å². The molecule has 3 heterocycles. The van der Waals surface area contributed by atoms with Gasteiger partial charge in [0.05, 0.1) is 18.8 Å². The number of morpholine rings is 1. The van der Waals surface area contributed by atoms with Gasteiger partial charge in [0.1, 0.15) is 0 Å². The number of rotatable bonds is 3. The fraction of sp³-hybridized carbons (Fsp3) is 0.500. The van der Waals surface area contributed by atoms with Gasteiger partial charge in [0.25, 0.3) is 5.95 Å². The third-order valence-electron chi connectivity index (χ3n) is 3.34. The molecule has 112 valence electrons. The Morgan fingerprint density at radius 3 is 2.76 bits per heavy atom. The highest BCUT2D eigenvalue weighted by Gasteiger charge is 2.33. The number of nitrogens with two attached hydrogens (primary N) is 1. The maximum atomic E-state index is 5.52. The van der Waals surface area contributed by atoms with Gasteiger partial charge in [-0.2, -0.15) is 20.1 Å². The van der Waals surface area contributed by atoms with Crippen LogP contribution < -0.4 is 16.2 Å².